The minimum absolute atomic E-state index is 0.0284. The molecule has 2 fully saturated rings. The number of carbonyl (C=O) groups excluding carboxylic acids is 1. The van der Waals surface area contributed by atoms with Gasteiger partial charge in [-0.1, -0.05) is 0 Å². The largest absolute Gasteiger partial charge is 0.391 e. The van der Waals surface area contributed by atoms with E-state index in [0.717, 1.165) is 18.4 Å². The fraction of sp³-hybridized carbons (Fsp3) is 0.455. The normalized spacial score (nSPS) is 21.1. The van der Waals surface area contributed by atoms with Gasteiger partial charge in [-0.2, -0.15) is 15.4 Å². The second kappa shape index (κ2) is 7.56. The number of β-amino-alcohol motifs (C(OH)–C–C–N with tert-alkyl or cyclic N) is 1. The van der Waals surface area contributed by atoms with Gasteiger partial charge >= 0.3 is 0 Å². The molecule has 2 aliphatic heterocycles. The number of aryl methyl sites for hydroxylation is 1. The first-order valence-corrected chi connectivity index (χ1v) is 10.6. The molecule has 162 valence electrons. The van der Waals surface area contributed by atoms with Crippen LogP contribution in [0.3, 0.4) is 0 Å². The summed E-state index contributed by atoms with van der Waals surface area (Å²) in [7, 11) is 0. The number of fused-ring (bicyclic) bond motifs is 1. The highest BCUT2D eigenvalue weighted by Gasteiger charge is 2.43. The first kappa shape index (κ1) is 19.9. The summed E-state index contributed by atoms with van der Waals surface area (Å²) in [6.07, 6.45) is 3.23. The van der Waals surface area contributed by atoms with Gasteiger partial charge in [-0.05, 0) is 61.4 Å². The van der Waals surface area contributed by atoms with Crippen LogP contribution in [0.25, 0.3) is 11.0 Å². The van der Waals surface area contributed by atoms with Gasteiger partial charge in [-0.25, -0.2) is 9.37 Å². The highest BCUT2D eigenvalue weighted by atomic mass is 19.1. The molecule has 2 saturated heterocycles. The van der Waals surface area contributed by atoms with Crippen LogP contribution in [0.5, 0.6) is 0 Å². The van der Waals surface area contributed by atoms with E-state index in [1.807, 2.05) is 9.80 Å². The predicted molar refractivity (Wildman–Crippen MR) is 113 cm³/mol. The van der Waals surface area contributed by atoms with Gasteiger partial charge in [0, 0.05) is 37.9 Å². The van der Waals surface area contributed by atoms with Crippen molar-refractivity contribution in [3.63, 3.8) is 0 Å². The van der Waals surface area contributed by atoms with Crippen molar-refractivity contribution in [3.05, 3.63) is 47.4 Å². The number of H-pyrrole nitrogens is 1. The zero-order valence-electron chi connectivity index (χ0n) is 17.4. The van der Waals surface area contributed by atoms with Gasteiger partial charge in [0.1, 0.15) is 11.0 Å². The zero-order valence-corrected chi connectivity index (χ0v) is 17.4. The van der Waals surface area contributed by atoms with Crippen molar-refractivity contribution in [3.8, 4) is 0 Å². The van der Waals surface area contributed by atoms with Gasteiger partial charge in [0.2, 0.25) is 0 Å². The lowest BCUT2D eigenvalue weighted by molar-refractivity contribution is 0.0245. The molecule has 1 atom stereocenters. The number of aromatic amines is 1. The molecule has 2 aliphatic rings. The standard InChI is InChI=1S/C22H25FN6O2/c1-14-4-7-24-20(19(14)23)29-12-16(30)11-22(13-29)5-8-28(9-6-22)21(31)15-2-3-17-18(10-15)26-27-25-17/h2-4,7,10,16,30H,5-6,8-9,11-13H2,1H3,(H,25,26,27). The van der Waals surface area contributed by atoms with Crippen molar-refractivity contribution in [2.45, 2.75) is 32.3 Å². The lowest BCUT2D eigenvalue weighted by Gasteiger charge is -2.49. The molecule has 8 nitrogen and oxygen atoms in total. The van der Waals surface area contributed by atoms with Gasteiger partial charge in [0.25, 0.3) is 5.91 Å². The fourth-order valence-electron chi connectivity index (χ4n) is 4.96. The molecule has 2 N–H and O–H groups in total. The fourth-order valence-corrected chi connectivity index (χ4v) is 4.96. The number of aromatic nitrogens is 4. The van der Waals surface area contributed by atoms with Crippen LogP contribution in [0.1, 0.15) is 35.2 Å². The van der Waals surface area contributed by atoms with Crippen molar-refractivity contribution in [2.75, 3.05) is 31.1 Å². The van der Waals surface area contributed by atoms with Gasteiger partial charge < -0.3 is 14.9 Å². The summed E-state index contributed by atoms with van der Waals surface area (Å²) in [4.78, 5) is 21.0. The highest BCUT2D eigenvalue weighted by molar-refractivity contribution is 5.97. The Hall–Kier alpha value is -3.07. The third-order valence-electron chi connectivity index (χ3n) is 6.66. The molecular formula is C22H25FN6O2. The lowest BCUT2D eigenvalue weighted by Crippen LogP contribution is -2.55. The maximum absolute atomic E-state index is 14.7. The van der Waals surface area contributed by atoms with E-state index in [9.17, 15) is 14.3 Å². The maximum atomic E-state index is 14.7. The van der Waals surface area contributed by atoms with E-state index in [1.54, 1.807) is 37.4 Å². The van der Waals surface area contributed by atoms with Crippen molar-refractivity contribution >= 4 is 22.8 Å². The Balaban J connectivity index is 1.31. The van der Waals surface area contributed by atoms with Crippen molar-refractivity contribution in [2.24, 2.45) is 5.41 Å². The number of hydrogen-bond donors (Lipinski definition) is 2. The number of benzene rings is 1. The molecule has 1 spiro atoms. The monoisotopic (exact) mass is 424 g/mol. The Kier molecular flexibility index (Phi) is 4.85. The summed E-state index contributed by atoms with van der Waals surface area (Å²) in [5.41, 5.74) is 2.36. The van der Waals surface area contributed by atoms with Gasteiger partial charge in [0.05, 0.1) is 6.10 Å². The maximum Gasteiger partial charge on any atom is 0.253 e. The van der Waals surface area contributed by atoms with Crippen LogP contribution in [0.4, 0.5) is 10.2 Å². The molecule has 1 unspecified atom stereocenters. The summed E-state index contributed by atoms with van der Waals surface area (Å²) < 4.78 is 14.7. The molecule has 0 bridgehead atoms. The predicted octanol–water partition coefficient (Wildman–Crippen LogP) is 2.29. The van der Waals surface area contributed by atoms with Crippen molar-refractivity contribution < 1.29 is 14.3 Å². The van der Waals surface area contributed by atoms with Crippen molar-refractivity contribution in [1.29, 1.82) is 0 Å². The van der Waals surface area contributed by atoms with Crippen LogP contribution in [-0.2, 0) is 0 Å². The van der Waals surface area contributed by atoms with Crippen LogP contribution in [0.2, 0.25) is 0 Å². The number of rotatable bonds is 2. The molecule has 0 radical (unpaired) electrons. The second-order valence-electron chi connectivity index (χ2n) is 8.82. The van der Waals surface area contributed by atoms with E-state index in [2.05, 4.69) is 20.4 Å². The minimum Gasteiger partial charge on any atom is -0.391 e. The number of halogens is 1. The van der Waals surface area contributed by atoms with E-state index >= 15 is 0 Å². The van der Waals surface area contributed by atoms with Crippen LogP contribution in [-0.4, -0.2) is 68.6 Å². The summed E-state index contributed by atoms with van der Waals surface area (Å²) in [5, 5.41) is 21.2. The van der Waals surface area contributed by atoms with Crippen LogP contribution in [0, 0.1) is 18.2 Å². The lowest BCUT2D eigenvalue weighted by atomic mass is 9.71. The van der Waals surface area contributed by atoms with Gasteiger partial charge in [0.15, 0.2) is 11.6 Å². The van der Waals surface area contributed by atoms with Crippen LogP contribution >= 0.6 is 0 Å². The average molecular weight is 424 g/mol. The third kappa shape index (κ3) is 3.63. The van der Waals surface area contributed by atoms with E-state index in [1.165, 1.54) is 0 Å². The molecule has 0 aliphatic carbocycles. The Morgan fingerprint density at radius 1 is 1.23 bits per heavy atom. The molecule has 1 aromatic carbocycles. The number of pyridine rings is 1. The first-order chi connectivity index (χ1) is 14.9. The molecule has 31 heavy (non-hydrogen) atoms. The Morgan fingerprint density at radius 3 is 2.81 bits per heavy atom. The summed E-state index contributed by atoms with van der Waals surface area (Å²) >= 11 is 0. The zero-order chi connectivity index (χ0) is 21.6. The Bertz CT molecular complexity index is 1120. The second-order valence-corrected chi connectivity index (χ2v) is 8.82. The number of amides is 1. The molecule has 2 aromatic heterocycles. The average Bonchev–Trinajstić information content (AvgIpc) is 3.23. The number of hydrogen-bond acceptors (Lipinski definition) is 6. The Morgan fingerprint density at radius 2 is 2.00 bits per heavy atom. The van der Waals surface area contributed by atoms with E-state index in [4.69, 9.17) is 0 Å². The summed E-state index contributed by atoms with van der Waals surface area (Å²) in [5.74, 6) is -0.0560. The van der Waals surface area contributed by atoms with Crippen LogP contribution in [0.15, 0.2) is 30.5 Å². The van der Waals surface area contributed by atoms with Crippen molar-refractivity contribution in [1.82, 2.24) is 25.3 Å². The molecule has 9 heteroatoms. The third-order valence-corrected chi connectivity index (χ3v) is 6.66. The van der Waals surface area contributed by atoms with Gasteiger partial charge in [-0.3, -0.25) is 4.79 Å². The number of aliphatic hydroxyl groups excluding tert-OH is 1. The Labute approximate surface area is 179 Å². The SMILES string of the molecule is Cc1ccnc(N2CC(O)CC3(CCN(C(=O)c4ccc5n[nH]nc5c4)CC3)C2)c1F. The number of aliphatic hydroxyl groups is 1. The molecule has 3 aromatic rings. The van der Waals surface area contributed by atoms with E-state index in [-0.39, 0.29) is 17.1 Å². The van der Waals surface area contributed by atoms with E-state index < -0.39 is 6.10 Å². The number of likely N-dealkylation sites (tertiary alicyclic amines) is 1. The number of nitrogens with zero attached hydrogens (tertiary/aromatic N) is 5. The smallest absolute Gasteiger partial charge is 0.253 e. The topological polar surface area (TPSA) is 98.2 Å². The molecule has 5 rings (SSSR count). The summed E-state index contributed by atoms with van der Waals surface area (Å²) in [6.45, 7) is 3.91. The minimum atomic E-state index is -0.549. The highest BCUT2D eigenvalue weighted by Crippen LogP contribution is 2.41. The molecular weight excluding hydrogens is 399 g/mol. The number of anilines is 1. The number of carbonyl (C=O) groups is 1. The number of nitrogens with one attached hydrogen (secondary N) is 1. The van der Waals surface area contributed by atoms with Gasteiger partial charge in [-0.15, -0.1) is 0 Å². The molecule has 4 heterocycles. The van der Waals surface area contributed by atoms with Crippen LogP contribution < -0.4 is 4.90 Å². The molecule has 1 amide bonds. The first-order valence-electron chi connectivity index (χ1n) is 10.6. The molecule has 0 saturated carbocycles. The number of piperidine rings is 2. The quantitative estimate of drug-likeness (QED) is 0.655. The summed E-state index contributed by atoms with van der Waals surface area (Å²) in [6, 6.07) is 6.96. The van der Waals surface area contributed by atoms with E-state index in [0.29, 0.717) is 55.1 Å².